The van der Waals surface area contributed by atoms with Gasteiger partial charge in [0.25, 0.3) is 0 Å². The molecule has 2 N–H and O–H groups in total. The first kappa shape index (κ1) is 28.2. The molecule has 2 amide bonds. The van der Waals surface area contributed by atoms with Crippen LogP contribution in [0.3, 0.4) is 0 Å². The lowest BCUT2D eigenvalue weighted by molar-refractivity contribution is -0.157. The van der Waals surface area contributed by atoms with Gasteiger partial charge in [-0.25, -0.2) is 9.59 Å². The van der Waals surface area contributed by atoms with E-state index in [1.807, 2.05) is 30.3 Å². The normalized spacial score (nSPS) is 13.7. The molecule has 1 atom stereocenters. The van der Waals surface area contributed by atoms with E-state index in [1.165, 1.54) is 24.1 Å². The Labute approximate surface area is 219 Å². The minimum atomic E-state index is -1.06. The van der Waals surface area contributed by atoms with Crippen LogP contribution in [0.25, 0.3) is 0 Å². The zero-order valence-electron chi connectivity index (χ0n) is 22.2. The zero-order chi connectivity index (χ0) is 26.7. The summed E-state index contributed by atoms with van der Waals surface area (Å²) in [5.41, 5.74) is 3.75. The molecule has 37 heavy (non-hydrogen) atoms. The summed E-state index contributed by atoms with van der Waals surface area (Å²) in [5.74, 6) is -0.825. The molecule has 1 aliphatic carbocycles. The number of aryl methyl sites for hydroxylation is 3. The van der Waals surface area contributed by atoms with E-state index in [1.54, 1.807) is 20.8 Å². The Bertz CT molecular complexity index is 1050. The number of fused-ring (bicyclic) bond motifs is 1. The summed E-state index contributed by atoms with van der Waals surface area (Å²) < 4.78 is 10.6. The maximum Gasteiger partial charge on any atom is 0.408 e. The molecule has 1 heterocycles. The van der Waals surface area contributed by atoms with Crippen molar-refractivity contribution in [2.75, 3.05) is 6.54 Å². The molecule has 0 saturated heterocycles. The van der Waals surface area contributed by atoms with Crippen molar-refractivity contribution in [2.24, 2.45) is 0 Å². The molecule has 2 aromatic rings. The number of esters is 1. The van der Waals surface area contributed by atoms with Crippen LogP contribution in [-0.4, -0.2) is 41.1 Å². The molecular weight excluding hydrogens is 470 g/mol. The predicted octanol–water partition coefficient (Wildman–Crippen LogP) is 4.43. The van der Waals surface area contributed by atoms with Crippen molar-refractivity contribution < 1.29 is 23.9 Å². The van der Waals surface area contributed by atoms with Gasteiger partial charge in [0, 0.05) is 24.4 Å². The first-order valence-corrected chi connectivity index (χ1v) is 13.1. The van der Waals surface area contributed by atoms with Crippen LogP contribution >= 0.6 is 0 Å². The maximum atomic E-state index is 12.6. The third-order valence-corrected chi connectivity index (χ3v) is 6.02. The molecule has 0 unspecified atom stereocenters. The highest BCUT2D eigenvalue weighted by Gasteiger charge is 2.27. The highest BCUT2D eigenvalue weighted by Crippen LogP contribution is 2.20. The number of benzene rings is 1. The van der Waals surface area contributed by atoms with E-state index in [0.717, 1.165) is 36.9 Å². The van der Waals surface area contributed by atoms with E-state index in [9.17, 15) is 14.4 Å². The molecule has 0 radical (unpaired) electrons. The molecule has 8 nitrogen and oxygen atoms in total. The molecule has 0 bridgehead atoms. The molecule has 0 spiro atoms. The Kier molecular flexibility index (Phi) is 10.5. The molecule has 1 aromatic heterocycles. The Morgan fingerprint density at radius 3 is 2.51 bits per heavy atom. The second-order valence-electron chi connectivity index (χ2n) is 10.4. The van der Waals surface area contributed by atoms with Gasteiger partial charge in [0.1, 0.15) is 18.2 Å². The van der Waals surface area contributed by atoms with Gasteiger partial charge in [-0.1, -0.05) is 36.4 Å². The number of amides is 2. The summed E-state index contributed by atoms with van der Waals surface area (Å²) in [4.78, 5) is 42.2. The summed E-state index contributed by atoms with van der Waals surface area (Å²) in [6, 6.07) is 12.5. The SMILES string of the molecule is CC(C)(C)OC(=O)[C@H](CNC(=O)CCCCc1ccc2c(n1)CCCC2)NC(=O)OCc1ccccc1. The van der Waals surface area contributed by atoms with Gasteiger partial charge in [0.15, 0.2) is 0 Å². The average molecular weight is 510 g/mol. The van der Waals surface area contributed by atoms with Gasteiger partial charge in [0.2, 0.25) is 5.91 Å². The van der Waals surface area contributed by atoms with Crippen LogP contribution in [0.15, 0.2) is 42.5 Å². The van der Waals surface area contributed by atoms with Crippen LogP contribution in [0, 0.1) is 0 Å². The number of alkyl carbamates (subject to hydrolysis) is 1. The number of nitrogens with zero attached hydrogens (tertiary/aromatic N) is 1. The second-order valence-corrected chi connectivity index (χ2v) is 10.4. The maximum absolute atomic E-state index is 12.6. The fraction of sp³-hybridized carbons (Fsp3) is 0.517. The highest BCUT2D eigenvalue weighted by molar-refractivity contribution is 5.83. The fourth-order valence-corrected chi connectivity index (χ4v) is 4.14. The van der Waals surface area contributed by atoms with E-state index in [0.29, 0.717) is 12.8 Å². The number of pyridine rings is 1. The summed E-state index contributed by atoms with van der Waals surface area (Å²) in [6.45, 7) is 5.21. The van der Waals surface area contributed by atoms with Gasteiger partial charge in [-0.3, -0.25) is 9.78 Å². The molecule has 200 valence electrons. The topological polar surface area (TPSA) is 107 Å². The molecule has 1 aromatic carbocycles. The largest absolute Gasteiger partial charge is 0.458 e. The summed E-state index contributed by atoms with van der Waals surface area (Å²) >= 11 is 0. The molecular formula is C29H39N3O5. The number of rotatable bonds is 11. The van der Waals surface area contributed by atoms with E-state index >= 15 is 0 Å². The standard InChI is InChI=1S/C29H39N3O5/c1-29(2,3)37-27(34)25(32-28(35)36-20-21-11-5-4-6-12-21)19-30-26(33)16-10-8-14-23-18-17-22-13-7-9-15-24(22)31-23/h4-6,11-12,17-18,25H,7-10,13-16,19-20H2,1-3H3,(H,30,33)(H,32,35)/t25-/m0/s1. The molecule has 8 heteroatoms. The zero-order valence-corrected chi connectivity index (χ0v) is 22.2. The van der Waals surface area contributed by atoms with Crippen molar-refractivity contribution in [1.82, 2.24) is 15.6 Å². The number of carbonyl (C=O) groups excluding carboxylic acids is 3. The lowest BCUT2D eigenvalue weighted by Gasteiger charge is -2.24. The fourth-order valence-electron chi connectivity index (χ4n) is 4.14. The smallest absolute Gasteiger partial charge is 0.408 e. The number of aromatic nitrogens is 1. The number of hydrogen-bond acceptors (Lipinski definition) is 6. The predicted molar refractivity (Wildman–Crippen MR) is 141 cm³/mol. The Morgan fingerprint density at radius 2 is 1.76 bits per heavy atom. The Balaban J connectivity index is 1.43. The quantitative estimate of drug-likeness (QED) is 0.343. The van der Waals surface area contributed by atoms with Crippen LogP contribution in [0.2, 0.25) is 0 Å². The van der Waals surface area contributed by atoms with Gasteiger partial charge in [-0.2, -0.15) is 0 Å². The van der Waals surface area contributed by atoms with Gasteiger partial charge in [0.05, 0.1) is 0 Å². The lowest BCUT2D eigenvalue weighted by atomic mass is 9.95. The van der Waals surface area contributed by atoms with Crippen LogP contribution in [-0.2, 0) is 44.9 Å². The second kappa shape index (κ2) is 13.8. The minimum absolute atomic E-state index is 0.0686. The Hall–Kier alpha value is -3.42. The van der Waals surface area contributed by atoms with Crippen molar-refractivity contribution in [3.8, 4) is 0 Å². The highest BCUT2D eigenvalue weighted by atomic mass is 16.6. The van der Waals surface area contributed by atoms with Crippen LogP contribution in [0.5, 0.6) is 0 Å². The van der Waals surface area contributed by atoms with Crippen molar-refractivity contribution in [1.29, 1.82) is 0 Å². The van der Waals surface area contributed by atoms with Crippen LogP contribution in [0.4, 0.5) is 4.79 Å². The van der Waals surface area contributed by atoms with Gasteiger partial charge >= 0.3 is 12.1 Å². The third kappa shape index (κ3) is 10.2. The molecule has 0 fully saturated rings. The first-order chi connectivity index (χ1) is 17.7. The first-order valence-electron chi connectivity index (χ1n) is 13.1. The van der Waals surface area contributed by atoms with E-state index in [4.69, 9.17) is 14.5 Å². The molecule has 0 aliphatic heterocycles. The van der Waals surface area contributed by atoms with E-state index < -0.39 is 23.7 Å². The van der Waals surface area contributed by atoms with E-state index in [-0.39, 0.29) is 19.1 Å². The Morgan fingerprint density at radius 1 is 1.00 bits per heavy atom. The van der Waals surface area contributed by atoms with Gasteiger partial charge < -0.3 is 20.1 Å². The monoisotopic (exact) mass is 509 g/mol. The van der Waals surface area contributed by atoms with Crippen molar-refractivity contribution >= 4 is 18.0 Å². The number of hydrogen-bond donors (Lipinski definition) is 2. The van der Waals surface area contributed by atoms with Crippen molar-refractivity contribution in [3.63, 3.8) is 0 Å². The minimum Gasteiger partial charge on any atom is -0.458 e. The summed E-state index contributed by atoms with van der Waals surface area (Å²) in [6.07, 6.45) is 6.56. The summed E-state index contributed by atoms with van der Waals surface area (Å²) in [7, 11) is 0. The van der Waals surface area contributed by atoms with Crippen molar-refractivity contribution in [3.05, 3.63) is 65.0 Å². The number of ether oxygens (including phenoxy) is 2. The number of carbonyl (C=O) groups is 3. The molecule has 3 rings (SSSR count). The van der Waals surface area contributed by atoms with Crippen LogP contribution < -0.4 is 10.6 Å². The number of unbranched alkanes of at least 4 members (excludes halogenated alkanes) is 1. The van der Waals surface area contributed by atoms with Crippen molar-refractivity contribution in [2.45, 2.75) is 90.4 Å². The third-order valence-electron chi connectivity index (χ3n) is 6.02. The molecule has 0 saturated carbocycles. The number of nitrogens with one attached hydrogen (secondary N) is 2. The average Bonchev–Trinajstić information content (AvgIpc) is 2.87. The lowest BCUT2D eigenvalue weighted by Crippen LogP contribution is -2.50. The van der Waals surface area contributed by atoms with E-state index in [2.05, 4.69) is 22.8 Å². The molecule has 1 aliphatic rings. The summed E-state index contributed by atoms with van der Waals surface area (Å²) in [5, 5.41) is 5.26. The van der Waals surface area contributed by atoms with Crippen LogP contribution in [0.1, 0.15) is 75.4 Å². The van der Waals surface area contributed by atoms with Gasteiger partial charge in [-0.15, -0.1) is 0 Å². The van der Waals surface area contributed by atoms with Gasteiger partial charge in [-0.05, 0) is 82.9 Å².